The molecule has 2 N–H and O–H groups in total. The third-order valence-electron chi connectivity index (χ3n) is 4.37. The molecule has 1 saturated heterocycles. The molecule has 1 aromatic carbocycles. The van der Waals surface area contributed by atoms with Crippen LogP contribution in [0.4, 0.5) is 0 Å². The monoisotopic (exact) mass is 357 g/mol. The summed E-state index contributed by atoms with van der Waals surface area (Å²) in [5, 5.41) is 13.5. The van der Waals surface area contributed by atoms with E-state index < -0.39 is 0 Å². The van der Waals surface area contributed by atoms with Crippen LogP contribution in [0, 0.1) is 0 Å². The number of benzene rings is 1. The number of hydrogen-bond donors (Lipinski definition) is 2. The van der Waals surface area contributed by atoms with E-state index in [0.29, 0.717) is 11.3 Å². The van der Waals surface area contributed by atoms with Gasteiger partial charge in [0.05, 0.1) is 5.56 Å². The number of phenolic OH excluding ortho intramolecular Hbond substituents is 1. The Hall–Kier alpha value is -2.05. The Morgan fingerprint density at radius 1 is 1.40 bits per heavy atom. The fourth-order valence-electron chi connectivity index (χ4n) is 3.22. The topological polar surface area (TPSA) is 65.5 Å². The van der Waals surface area contributed by atoms with E-state index in [1.807, 2.05) is 24.5 Å². The largest absolute Gasteiger partial charge is 0.508 e. The molecule has 0 unspecified atom stereocenters. The van der Waals surface area contributed by atoms with Crippen LogP contribution >= 0.6 is 11.8 Å². The van der Waals surface area contributed by atoms with Crippen LogP contribution in [0.5, 0.6) is 5.75 Å². The van der Waals surface area contributed by atoms with Gasteiger partial charge in [0.1, 0.15) is 10.8 Å². The zero-order chi connectivity index (χ0) is 17.6. The molecular weight excluding hydrogens is 334 g/mol. The fraction of sp³-hybridized carbons (Fsp3) is 0.368. The fourth-order valence-corrected chi connectivity index (χ4v) is 3.77. The van der Waals surface area contributed by atoms with Gasteiger partial charge in [0.25, 0.3) is 5.91 Å². The van der Waals surface area contributed by atoms with Gasteiger partial charge in [0.2, 0.25) is 0 Å². The molecule has 1 aliphatic rings. The number of nitrogens with one attached hydrogen (secondary N) is 1. The number of rotatable bonds is 5. The number of amides is 1. The van der Waals surface area contributed by atoms with Gasteiger partial charge < -0.3 is 10.4 Å². The van der Waals surface area contributed by atoms with Crippen molar-refractivity contribution in [1.29, 1.82) is 0 Å². The number of carbonyl (C=O) groups excluding carboxylic acids is 1. The van der Waals surface area contributed by atoms with Gasteiger partial charge in [0, 0.05) is 25.3 Å². The molecule has 1 aromatic heterocycles. The standard InChI is InChI=1S/C19H23N3O2S/c1-25-19-17(8-3-9-20-19)18(24)21-15-6-4-10-22(13-15)12-14-5-2-7-16(23)11-14/h2-3,5,7-9,11,15,23H,4,6,10,12-13H2,1H3,(H,21,24)/t15-/m1/s1. The molecule has 1 aliphatic heterocycles. The highest BCUT2D eigenvalue weighted by Gasteiger charge is 2.23. The van der Waals surface area contributed by atoms with Crippen molar-refractivity contribution in [1.82, 2.24) is 15.2 Å². The van der Waals surface area contributed by atoms with Gasteiger partial charge in [-0.1, -0.05) is 12.1 Å². The Labute approximate surface area is 152 Å². The van der Waals surface area contributed by atoms with Crippen molar-refractivity contribution in [3.8, 4) is 5.75 Å². The van der Waals surface area contributed by atoms with Crippen LogP contribution in [-0.2, 0) is 6.54 Å². The van der Waals surface area contributed by atoms with E-state index in [9.17, 15) is 9.90 Å². The summed E-state index contributed by atoms with van der Waals surface area (Å²) in [6.45, 7) is 2.60. The number of hydrogen-bond acceptors (Lipinski definition) is 5. The zero-order valence-corrected chi connectivity index (χ0v) is 15.1. The van der Waals surface area contributed by atoms with Gasteiger partial charge in [-0.25, -0.2) is 4.98 Å². The number of phenols is 1. The van der Waals surface area contributed by atoms with Crippen molar-refractivity contribution in [2.24, 2.45) is 0 Å². The van der Waals surface area contributed by atoms with Crippen molar-refractivity contribution in [3.63, 3.8) is 0 Å². The molecule has 2 heterocycles. The molecule has 5 nitrogen and oxygen atoms in total. The molecule has 0 bridgehead atoms. The maximum Gasteiger partial charge on any atom is 0.254 e. The molecular formula is C19H23N3O2S. The average molecular weight is 357 g/mol. The SMILES string of the molecule is CSc1ncccc1C(=O)N[C@@H]1CCCN(Cc2cccc(O)c2)C1. The second-order valence-corrected chi connectivity index (χ2v) is 7.07. The van der Waals surface area contributed by atoms with Gasteiger partial charge >= 0.3 is 0 Å². The molecule has 0 radical (unpaired) electrons. The minimum atomic E-state index is -0.0540. The van der Waals surface area contributed by atoms with E-state index in [2.05, 4.69) is 15.2 Å². The molecule has 6 heteroatoms. The van der Waals surface area contributed by atoms with Crippen LogP contribution in [-0.4, -0.2) is 46.3 Å². The van der Waals surface area contributed by atoms with Crippen LogP contribution in [0.3, 0.4) is 0 Å². The number of thioether (sulfide) groups is 1. The maximum atomic E-state index is 12.6. The highest BCUT2D eigenvalue weighted by atomic mass is 32.2. The lowest BCUT2D eigenvalue weighted by Crippen LogP contribution is -2.47. The Kier molecular flexibility index (Phi) is 5.94. The first-order valence-electron chi connectivity index (χ1n) is 8.46. The second-order valence-electron chi connectivity index (χ2n) is 6.28. The molecule has 0 saturated carbocycles. The number of likely N-dealkylation sites (tertiary alicyclic amines) is 1. The first kappa shape index (κ1) is 17.8. The van der Waals surface area contributed by atoms with Crippen molar-refractivity contribution < 1.29 is 9.90 Å². The summed E-state index contributed by atoms with van der Waals surface area (Å²) in [6.07, 6.45) is 5.67. The molecule has 132 valence electrons. The zero-order valence-electron chi connectivity index (χ0n) is 14.3. The summed E-state index contributed by atoms with van der Waals surface area (Å²) in [5.74, 6) is 0.238. The van der Waals surface area contributed by atoms with Gasteiger partial charge in [-0.2, -0.15) is 0 Å². The van der Waals surface area contributed by atoms with E-state index >= 15 is 0 Å². The first-order valence-corrected chi connectivity index (χ1v) is 9.68. The van der Waals surface area contributed by atoms with E-state index in [4.69, 9.17) is 0 Å². The van der Waals surface area contributed by atoms with Crippen LogP contribution < -0.4 is 5.32 Å². The Bertz CT molecular complexity index is 738. The lowest BCUT2D eigenvalue weighted by Gasteiger charge is -2.33. The summed E-state index contributed by atoms with van der Waals surface area (Å²) >= 11 is 1.48. The Morgan fingerprint density at radius 2 is 2.28 bits per heavy atom. The number of aromatic hydroxyl groups is 1. The van der Waals surface area contributed by atoms with E-state index in [-0.39, 0.29) is 11.9 Å². The molecule has 1 fully saturated rings. The normalized spacial score (nSPS) is 18.0. The quantitative estimate of drug-likeness (QED) is 0.806. The summed E-state index contributed by atoms with van der Waals surface area (Å²) in [4.78, 5) is 19.2. The lowest BCUT2D eigenvalue weighted by atomic mass is 10.0. The summed E-state index contributed by atoms with van der Waals surface area (Å²) in [5.41, 5.74) is 1.73. The Morgan fingerprint density at radius 3 is 3.08 bits per heavy atom. The number of pyridine rings is 1. The summed E-state index contributed by atoms with van der Waals surface area (Å²) in [7, 11) is 0. The van der Waals surface area contributed by atoms with Crippen molar-refractivity contribution >= 4 is 17.7 Å². The third kappa shape index (κ3) is 4.74. The minimum Gasteiger partial charge on any atom is -0.508 e. The lowest BCUT2D eigenvalue weighted by molar-refractivity contribution is 0.0897. The summed E-state index contributed by atoms with van der Waals surface area (Å²) < 4.78 is 0. The number of piperidine rings is 1. The van der Waals surface area contributed by atoms with E-state index in [1.54, 1.807) is 24.4 Å². The van der Waals surface area contributed by atoms with Gasteiger partial charge in [-0.3, -0.25) is 9.69 Å². The molecule has 3 rings (SSSR count). The predicted molar refractivity (Wildman–Crippen MR) is 99.9 cm³/mol. The smallest absolute Gasteiger partial charge is 0.254 e. The van der Waals surface area contributed by atoms with E-state index in [0.717, 1.165) is 43.1 Å². The third-order valence-corrected chi connectivity index (χ3v) is 5.08. The van der Waals surface area contributed by atoms with Crippen LogP contribution in [0.15, 0.2) is 47.6 Å². The minimum absolute atomic E-state index is 0.0540. The predicted octanol–water partition coefficient (Wildman–Crippen LogP) is 2.90. The number of carbonyl (C=O) groups is 1. The Balaban J connectivity index is 1.60. The highest BCUT2D eigenvalue weighted by molar-refractivity contribution is 7.98. The highest BCUT2D eigenvalue weighted by Crippen LogP contribution is 2.19. The van der Waals surface area contributed by atoms with Crippen LogP contribution in [0.25, 0.3) is 0 Å². The van der Waals surface area contributed by atoms with Gasteiger partial charge in [-0.15, -0.1) is 11.8 Å². The van der Waals surface area contributed by atoms with Crippen LogP contribution in [0.1, 0.15) is 28.8 Å². The van der Waals surface area contributed by atoms with Gasteiger partial charge in [-0.05, 0) is 55.5 Å². The van der Waals surface area contributed by atoms with E-state index in [1.165, 1.54) is 11.8 Å². The molecule has 0 aliphatic carbocycles. The molecule has 1 amide bonds. The maximum absolute atomic E-state index is 12.6. The molecule has 0 spiro atoms. The van der Waals surface area contributed by atoms with Crippen molar-refractivity contribution in [3.05, 3.63) is 53.7 Å². The molecule has 2 aromatic rings. The number of nitrogens with zero attached hydrogens (tertiary/aromatic N) is 2. The van der Waals surface area contributed by atoms with Gasteiger partial charge in [0.15, 0.2) is 0 Å². The van der Waals surface area contributed by atoms with Crippen LogP contribution in [0.2, 0.25) is 0 Å². The first-order chi connectivity index (χ1) is 12.2. The van der Waals surface area contributed by atoms with Crippen molar-refractivity contribution in [2.45, 2.75) is 30.5 Å². The molecule has 25 heavy (non-hydrogen) atoms. The average Bonchev–Trinajstić information content (AvgIpc) is 2.62. The number of aromatic nitrogens is 1. The van der Waals surface area contributed by atoms with Crippen molar-refractivity contribution in [2.75, 3.05) is 19.3 Å². The second kappa shape index (κ2) is 8.36. The molecule has 1 atom stereocenters. The summed E-state index contributed by atoms with van der Waals surface area (Å²) in [6, 6.07) is 11.1.